The maximum absolute atomic E-state index is 12.5. The maximum atomic E-state index is 12.5. The number of nitrogens with zero attached hydrogens (tertiary/aromatic N) is 6. The van der Waals surface area contributed by atoms with Crippen LogP contribution in [0.3, 0.4) is 0 Å². The van der Waals surface area contributed by atoms with E-state index in [9.17, 15) is 19.5 Å². The molecule has 5 rings (SSSR count). The van der Waals surface area contributed by atoms with Crippen molar-refractivity contribution >= 4 is 28.7 Å². The van der Waals surface area contributed by atoms with E-state index < -0.39 is 12.0 Å². The number of hydrogen-bond donors (Lipinski definition) is 2. The van der Waals surface area contributed by atoms with Crippen LogP contribution in [-0.4, -0.2) is 86.0 Å². The molecule has 43 heavy (non-hydrogen) atoms. The standard InChI is InChI=1S/C30H35N7O6/c1-18(2)42-26-13-23-22(12-24(26)28(32)39)25(19-14-34-37(16-19)20-6-10-35(11-7-20)30(40)41)15-33-29(23)43-21-4-3-9-36(17-21)27(38)5-8-31/h12-16,18,20-21H,3-7,9-11,17H2,1-2H3,(H2,32,39)(H,40,41)/t21-/m1/s1. The Bertz CT molecular complexity index is 1570. The largest absolute Gasteiger partial charge is 0.490 e. The quantitative estimate of drug-likeness (QED) is 0.397. The summed E-state index contributed by atoms with van der Waals surface area (Å²) in [4.78, 5) is 43.9. The minimum Gasteiger partial charge on any atom is -0.490 e. The molecule has 4 heterocycles. The first-order valence-electron chi connectivity index (χ1n) is 14.4. The van der Waals surface area contributed by atoms with Gasteiger partial charge in [-0.25, -0.2) is 9.78 Å². The summed E-state index contributed by atoms with van der Waals surface area (Å²) >= 11 is 0. The molecule has 0 saturated carbocycles. The molecule has 2 aromatic heterocycles. The first-order chi connectivity index (χ1) is 20.6. The molecule has 3 amide bonds. The molecule has 3 N–H and O–H groups in total. The summed E-state index contributed by atoms with van der Waals surface area (Å²) in [7, 11) is 0. The molecule has 1 atom stereocenters. The lowest BCUT2D eigenvalue weighted by Crippen LogP contribution is -2.44. The number of primary amides is 1. The lowest BCUT2D eigenvalue weighted by molar-refractivity contribution is -0.132. The number of likely N-dealkylation sites (tertiary alicyclic amines) is 2. The molecule has 2 aliphatic rings. The van der Waals surface area contributed by atoms with Crippen molar-refractivity contribution in [2.45, 2.75) is 64.2 Å². The highest BCUT2D eigenvalue weighted by atomic mass is 16.5. The fourth-order valence-electron chi connectivity index (χ4n) is 5.71. The van der Waals surface area contributed by atoms with Crippen LogP contribution < -0.4 is 15.2 Å². The summed E-state index contributed by atoms with van der Waals surface area (Å²) in [5, 5.41) is 24.1. The van der Waals surface area contributed by atoms with Crippen molar-refractivity contribution in [1.29, 1.82) is 5.26 Å². The zero-order valence-electron chi connectivity index (χ0n) is 24.2. The highest BCUT2D eigenvalue weighted by Crippen LogP contribution is 2.38. The van der Waals surface area contributed by atoms with Gasteiger partial charge >= 0.3 is 6.09 Å². The van der Waals surface area contributed by atoms with Crippen molar-refractivity contribution in [2.24, 2.45) is 5.73 Å². The van der Waals surface area contributed by atoms with Gasteiger partial charge in [0.2, 0.25) is 11.8 Å². The van der Waals surface area contributed by atoms with Crippen LogP contribution in [0.4, 0.5) is 4.79 Å². The molecule has 2 aliphatic heterocycles. The minimum absolute atomic E-state index is 0.0522. The Morgan fingerprint density at radius 1 is 1.12 bits per heavy atom. The smallest absolute Gasteiger partial charge is 0.407 e. The number of rotatable bonds is 8. The molecule has 2 saturated heterocycles. The number of aromatic nitrogens is 3. The van der Waals surface area contributed by atoms with Gasteiger partial charge in [0, 0.05) is 48.5 Å². The Morgan fingerprint density at radius 2 is 1.88 bits per heavy atom. The molecule has 13 heteroatoms. The zero-order chi connectivity index (χ0) is 30.7. The number of carboxylic acid groups (broad SMARTS) is 1. The van der Waals surface area contributed by atoms with Gasteiger partial charge in [0.05, 0.1) is 36.5 Å². The summed E-state index contributed by atoms with van der Waals surface area (Å²) in [6, 6.07) is 5.37. The first-order valence-corrected chi connectivity index (χ1v) is 14.4. The Labute approximate surface area is 248 Å². The van der Waals surface area contributed by atoms with Crippen molar-refractivity contribution in [3.8, 4) is 28.8 Å². The van der Waals surface area contributed by atoms with Crippen LogP contribution in [0.15, 0.2) is 30.7 Å². The number of amides is 3. The molecule has 0 bridgehead atoms. The number of piperidine rings is 2. The van der Waals surface area contributed by atoms with E-state index in [1.54, 1.807) is 29.4 Å². The summed E-state index contributed by atoms with van der Waals surface area (Å²) in [6.07, 6.45) is 6.39. The Morgan fingerprint density at radius 3 is 2.56 bits per heavy atom. The van der Waals surface area contributed by atoms with Crippen molar-refractivity contribution in [1.82, 2.24) is 24.6 Å². The number of pyridine rings is 1. The number of carbonyl (C=O) groups is 3. The highest BCUT2D eigenvalue weighted by molar-refractivity contribution is 6.06. The van der Waals surface area contributed by atoms with Crippen molar-refractivity contribution < 1.29 is 29.0 Å². The van der Waals surface area contributed by atoms with Gasteiger partial charge in [-0.2, -0.15) is 10.4 Å². The van der Waals surface area contributed by atoms with Gasteiger partial charge in [0.1, 0.15) is 18.3 Å². The summed E-state index contributed by atoms with van der Waals surface area (Å²) < 4.78 is 14.2. The molecule has 0 unspecified atom stereocenters. The predicted octanol–water partition coefficient (Wildman–Crippen LogP) is 3.58. The molecular formula is C30H35N7O6. The Kier molecular flexibility index (Phi) is 8.66. The third-order valence-electron chi connectivity index (χ3n) is 7.84. The third-order valence-corrected chi connectivity index (χ3v) is 7.84. The zero-order valence-corrected chi connectivity index (χ0v) is 24.2. The van der Waals surface area contributed by atoms with Gasteiger partial charge < -0.3 is 30.1 Å². The first kappa shape index (κ1) is 29.6. The average molecular weight is 590 g/mol. The number of ether oxygens (including phenoxy) is 2. The summed E-state index contributed by atoms with van der Waals surface area (Å²) in [5.41, 5.74) is 7.47. The van der Waals surface area contributed by atoms with Crippen LogP contribution in [0.1, 0.15) is 62.4 Å². The average Bonchev–Trinajstić information content (AvgIpc) is 3.47. The van der Waals surface area contributed by atoms with Crippen LogP contribution in [0.5, 0.6) is 11.6 Å². The summed E-state index contributed by atoms with van der Waals surface area (Å²) in [6.45, 7) is 5.49. The van der Waals surface area contributed by atoms with E-state index in [1.807, 2.05) is 30.8 Å². The van der Waals surface area contributed by atoms with Gasteiger partial charge in [0.15, 0.2) is 0 Å². The maximum Gasteiger partial charge on any atom is 0.407 e. The topological polar surface area (TPSA) is 177 Å². The second-order valence-electron chi connectivity index (χ2n) is 11.2. The number of hydrogen-bond acceptors (Lipinski definition) is 8. The van der Waals surface area contributed by atoms with E-state index in [4.69, 9.17) is 20.5 Å². The monoisotopic (exact) mass is 589 g/mol. The van der Waals surface area contributed by atoms with Crippen LogP contribution in [0.2, 0.25) is 0 Å². The van der Waals surface area contributed by atoms with Gasteiger partial charge in [-0.05, 0) is 57.0 Å². The lowest BCUT2D eigenvalue weighted by Gasteiger charge is -2.32. The lowest BCUT2D eigenvalue weighted by atomic mass is 9.99. The van der Waals surface area contributed by atoms with Gasteiger partial charge in [0.25, 0.3) is 5.91 Å². The Hall–Kier alpha value is -4.86. The number of fused-ring (bicyclic) bond motifs is 1. The van der Waals surface area contributed by atoms with E-state index in [0.717, 1.165) is 12.0 Å². The molecule has 1 aromatic carbocycles. The number of benzene rings is 1. The fourth-order valence-corrected chi connectivity index (χ4v) is 5.71. The number of carbonyl (C=O) groups excluding carboxylic acids is 2. The van der Waals surface area contributed by atoms with Gasteiger partial charge in [-0.15, -0.1) is 0 Å². The highest BCUT2D eigenvalue weighted by Gasteiger charge is 2.28. The van der Waals surface area contributed by atoms with E-state index in [0.29, 0.717) is 73.4 Å². The van der Waals surface area contributed by atoms with E-state index in [-0.39, 0.29) is 36.1 Å². The molecule has 2 fully saturated rings. The second kappa shape index (κ2) is 12.6. The van der Waals surface area contributed by atoms with Crippen molar-refractivity contribution in [3.63, 3.8) is 0 Å². The minimum atomic E-state index is -0.916. The van der Waals surface area contributed by atoms with E-state index >= 15 is 0 Å². The van der Waals surface area contributed by atoms with Crippen molar-refractivity contribution in [2.75, 3.05) is 26.2 Å². The molecular weight excluding hydrogens is 554 g/mol. The fraction of sp³-hybridized carbons (Fsp3) is 0.467. The molecule has 0 radical (unpaired) electrons. The van der Waals surface area contributed by atoms with Gasteiger partial charge in [-0.3, -0.25) is 14.3 Å². The second-order valence-corrected chi connectivity index (χ2v) is 11.2. The van der Waals surface area contributed by atoms with E-state index in [2.05, 4.69) is 10.1 Å². The van der Waals surface area contributed by atoms with Crippen LogP contribution in [0.25, 0.3) is 21.9 Å². The molecule has 0 spiro atoms. The summed E-state index contributed by atoms with van der Waals surface area (Å²) in [5.74, 6) is -0.221. The molecule has 0 aliphatic carbocycles. The normalized spacial score (nSPS) is 17.6. The molecule has 226 valence electrons. The van der Waals surface area contributed by atoms with Crippen LogP contribution >= 0.6 is 0 Å². The predicted molar refractivity (Wildman–Crippen MR) is 156 cm³/mol. The molecule has 13 nitrogen and oxygen atoms in total. The van der Waals surface area contributed by atoms with Gasteiger partial charge in [-0.1, -0.05) is 0 Å². The SMILES string of the molecule is CC(C)Oc1cc2c(O[C@@H]3CCCN(C(=O)CC#N)C3)ncc(-c3cnn(C4CCN(C(=O)O)CC4)c3)c2cc1C(N)=O. The molecule has 3 aromatic rings. The number of nitriles is 1. The third kappa shape index (κ3) is 6.48. The van der Waals surface area contributed by atoms with Crippen molar-refractivity contribution in [3.05, 3.63) is 36.3 Å². The number of nitrogens with two attached hydrogens (primary N) is 1. The Balaban J connectivity index is 1.51. The van der Waals surface area contributed by atoms with Crippen LogP contribution in [0, 0.1) is 11.3 Å². The van der Waals surface area contributed by atoms with E-state index in [1.165, 1.54) is 4.90 Å². The van der Waals surface area contributed by atoms with Crippen LogP contribution in [-0.2, 0) is 4.79 Å².